The molecule has 0 aliphatic heterocycles. The quantitative estimate of drug-likeness (QED) is 0.746. The molecule has 2 atom stereocenters. The highest BCUT2D eigenvalue weighted by Gasteiger charge is 2.22. The Hall–Kier alpha value is -1.36. The molecule has 18 heavy (non-hydrogen) atoms. The summed E-state index contributed by atoms with van der Waals surface area (Å²) in [6.07, 6.45) is 6.52. The van der Waals surface area contributed by atoms with E-state index in [9.17, 15) is 5.11 Å². The lowest BCUT2D eigenvalue weighted by Gasteiger charge is -2.28. The van der Waals surface area contributed by atoms with Crippen molar-refractivity contribution in [3.63, 3.8) is 0 Å². The molecule has 1 fully saturated rings. The maximum Gasteiger partial charge on any atom is 0.131 e. The van der Waals surface area contributed by atoms with Gasteiger partial charge >= 0.3 is 0 Å². The van der Waals surface area contributed by atoms with E-state index in [0.717, 1.165) is 43.9 Å². The first-order valence-corrected chi connectivity index (χ1v) is 6.80. The second-order valence-electron chi connectivity index (χ2n) is 4.82. The molecular formula is C13H22N4O. The highest BCUT2D eigenvalue weighted by molar-refractivity contribution is 5.47. The molecule has 100 valence electrons. The Morgan fingerprint density at radius 3 is 2.83 bits per heavy atom. The van der Waals surface area contributed by atoms with Gasteiger partial charge in [0.2, 0.25) is 0 Å². The van der Waals surface area contributed by atoms with Crippen LogP contribution in [0.4, 0.5) is 11.6 Å². The topological polar surface area (TPSA) is 70.1 Å². The van der Waals surface area contributed by atoms with E-state index in [1.54, 1.807) is 6.33 Å². The number of hydrogen-bond acceptors (Lipinski definition) is 5. The van der Waals surface area contributed by atoms with Crippen LogP contribution in [0.1, 0.15) is 39.0 Å². The van der Waals surface area contributed by atoms with Crippen LogP contribution in [0.25, 0.3) is 0 Å². The summed E-state index contributed by atoms with van der Waals surface area (Å²) in [7, 11) is 0. The molecule has 0 aromatic carbocycles. The minimum Gasteiger partial charge on any atom is -0.391 e. The van der Waals surface area contributed by atoms with Gasteiger partial charge < -0.3 is 15.7 Å². The number of rotatable bonds is 5. The molecule has 1 aromatic heterocycles. The van der Waals surface area contributed by atoms with Crippen molar-refractivity contribution in [1.29, 1.82) is 0 Å². The Bertz CT molecular complexity index is 372. The molecule has 5 heteroatoms. The van der Waals surface area contributed by atoms with Gasteiger partial charge in [0.05, 0.1) is 12.1 Å². The fourth-order valence-corrected chi connectivity index (χ4v) is 2.26. The van der Waals surface area contributed by atoms with Gasteiger partial charge in [0.15, 0.2) is 0 Å². The normalized spacial score (nSPS) is 23.7. The van der Waals surface area contributed by atoms with E-state index in [0.29, 0.717) is 0 Å². The van der Waals surface area contributed by atoms with E-state index in [1.807, 2.05) is 6.07 Å². The molecule has 1 saturated carbocycles. The molecule has 1 aromatic rings. The van der Waals surface area contributed by atoms with Crippen molar-refractivity contribution >= 4 is 11.6 Å². The molecule has 5 nitrogen and oxygen atoms in total. The zero-order valence-electron chi connectivity index (χ0n) is 10.9. The molecular weight excluding hydrogens is 228 g/mol. The summed E-state index contributed by atoms with van der Waals surface area (Å²) in [5, 5.41) is 16.5. The highest BCUT2D eigenvalue weighted by Crippen LogP contribution is 2.21. The lowest BCUT2D eigenvalue weighted by molar-refractivity contribution is 0.116. The molecule has 3 N–H and O–H groups in total. The van der Waals surface area contributed by atoms with Crippen LogP contribution in [0.2, 0.25) is 0 Å². The van der Waals surface area contributed by atoms with Gasteiger partial charge in [0.25, 0.3) is 0 Å². The molecule has 2 rings (SSSR count). The van der Waals surface area contributed by atoms with Crippen LogP contribution < -0.4 is 10.6 Å². The third kappa shape index (κ3) is 3.57. The molecule has 0 bridgehead atoms. The Labute approximate surface area is 108 Å². The Kier molecular flexibility index (Phi) is 4.75. The van der Waals surface area contributed by atoms with Gasteiger partial charge in [-0.3, -0.25) is 0 Å². The van der Waals surface area contributed by atoms with Crippen LogP contribution in [0.3, 0.4) is 0 Å². The fraction of sp³-hybridized carbons (Fsp3) is 0.692. The summed E-state index contributed by atoms with van der Waals surface area (Å²) in [6.45, 7) is 3.02. The zero-order valence-corrected chi connectivity index (χ0v) is 10.9. The van der Waals surface area contributed by atoms with Crippen LogP contribution >= 0.6 is 0 Å². The summed E-state index contributed by atoms with van der Waals surface area (Å²) in [5.74, 6) is 1.62. The molecule has 2 unspecified atom stereocenters. The number of nitrogens with zero attached hydrogens (tertiary/aromatic N) is 2. The van der Waals surface area contributed by atoms with Crippen molar-refractivity contribution in [2.24, 2.45) is 0 Å². The predicted molar refractivity (Wildman–Crippen MR) is 72.7 cm³/mol. The maximum atomic E-state index is 9.92. The molecule has 0 amide bonds. The van der Waals surface area contributed by atoms with Gasteiger partial charge in [0.1, 0.15) is 18.0 Å². The van der Waals surface area contributed by atoms with Crippen molar-refractivity contribution < 1.29 is 5.11 Å². The van der Waals surface area contributed by atoms with E-state index in [-0.39, 0.29) is 12.1 Å². The third-order valence-electron chi connectivity index (χ3n) is 3.29. The summed E-state index contributed by atoms with van der Waals surface area (Å²) >= 11 is 0. The lowest BCUT2D eigenvalue weighted by atomic mass is 9.93. The van der Waals surface area contributed by atoms with Gasteiger partial charge in [-0.25, -0.2) is 9.97 Å². The van der Waals surface area contributed by atoms with E-state index >= 15 is 0 Å². The van der Waals surface area contributed by atoms with Crippen LogP contribution in [0.15, 0.2) is 12.4 Å². The smallest absolute Gasteiger partial charge is 0.131 e. The van der Waals surface area contributed by atoms with Gasteiger partial charge in [-0.05, 0) is 19.3 Å². The maximum absolute atomic E-state index is 9.92. The molecule has 1 aliphatic rings. The number of anilines is 2. The number of aliphatic hydroxyl groups is 1. The second kappa shape index (κ2) is 6.54. The van der Waals surface area contributed by atoms with Crippen molar-refractivity contribution in [3.8, 4) is 0 Å². The lowest BCUT2D eigenvalue weighted by Crippen LogP contribution is -2.36. The number of hydrogen-bond donors (Lipinski definition) is 3. The van der Waals surface area contributed by atoms with Crippen molar-refractivity contribution in [2.45, 2.75) is 51.2 Å². The van der Waals surface area contributed by atoms with E-state index in [2.05, 4.69) is 27.5 Å². The van der Waals surface area contributed by atoms with Crippen molar-refractivity contribution in [3.05, 3.63) is 12.4 Å². The largest absolute Gasteiger partial charge is 0.391 e. The van der Waals surface area contributed by atoms with E-state index < -0.39 is 0 Å². The summed E-state index contributed by atoms with van der Waals surface area (Å²) in [4.78, 5) is 8.37. The zero-order chi connectivity index (χ0) is 12.8. The van der Waals surface area contributed by atoms with Gasteiger partial charge in [-0.1, -0.05) is 19.8 Å². The average molecular weight is 250 g/mol. The predicted octanol–water partition coefficient (Wildman–Crippen LogP) is 2.01. The molecule has 0 saturated heterocycles. The fourth-order valence-electron chi connectivity index (χ4n) is 2.26. The Morgan fingerprint density at radius 1 is 1.28 bits per heavy atom. The highest BCUT2D eigenvalue weighted by atomic mass is 16.3. The summed E-state index contributed by atoms with van der Waals surface area (Å²) < 4.78 is 0. The molecule has 1 aliphatic carbocycles. The van der Waals surface area contributed by atoms with Gasteiger partial charge in [-0.15, -0.1) is 0 Å². The van der Waals surface area contributed by atoms with E-state index in [4.69, 9.17) is 0 Å². The first-order chi connectivity index (χ1) is 8.79. The SMILES string of the molecule is CCCNc1cc(NC2CCCCC2O)ncn1. The van der Waals surface area contributed by atoms with Crippen LogP contribution in [0, 0.1) is 0 Å². The van der Waals surface area contributed by atoms with Gasteiger partial charge in [0, 0.05) is 12.6 Å². The van der Waals surface area contributed by atoms with E-state index in [1.165, 1.54) is 6.42 Å². The molecule has 0 radical (unpaired) electrons. The van der Waals surface area contributed by atoms with Crippen LogP contribution in [0.5, 0.6) is 0 Å². The number of aliphatic hydroxyl groups excluding tert-OH is 1. The van der Waals surface area contributed by atoms with Crippen molar-refractivity contribution in [2.75, 3.05) is 17.2 Å². The minimum atomic E-state index is -0.263. The molecule has 1 heterocycles. The average Bonchev–Trinajstić information content (AvgIpc) is 2.40. The summed E-state index contributed by atoms with van der Waals surface area (Å²) in [5.41, 5.74) is 0. The molecule has 0 spiro atoms. The standard InChI is InChI=1S/C13H22N4O/c1-2-7-14-12-8-13(16-9-15-12)17-10-5-3-4-6-11(10)18/h8-11,18H,2-7H2,1H3,(H2,14,15,16,17). The minimum absolute atomic E-state index is 0.118. The second-order valence-corrected chi connectivity index (χ2v) is 4.82. The monoisotopic (exact) mass is 250 g/mol. The third-order valence-corrected chi connectivity index (χ3v) is 3.29. The van der Waals surface area contributed by atoms with Crippen LogP contribution in [-0.2, 0) is 0 Å². The Balaban J connectivity index is 1.95. The summed E-state index contributed by atoms with van der Waals surface area (Å²) in [6, 6.07) is 2.02. The van der Waals surface area contributed by atoms with Gasteiger partial charge in [-0.2, -0.15) is 0 Å². The first kappa shape index (κ1) is 13.1. The first-order valence-electron chi connectivity index (χ1n) is 6.80. The number of aromatic nitrogens is 2. The Morgan fingerprint density at radius 2 is 2.06 bits per heavy atom. The van der Waals surface area contributed by atoms with Crippen molar-refractivity contribution in [1.82, 2.24) is 9.97 Å². The number of nitrogens with one attached hydrogen (secondary N) is 2. The van der Waals surface area contributed by atoms with Crippen LogP contribution in [-0.4, -0.2) is 33.8 Å².